The standard InChI is InChI=1S/C25H19F4N3O3.ClH/c26-21-4-2-1-3-19(21)18-10-9-17(13-20(18)25(27,28)29)24-31-23(32-35-24)16-7-5-15(6-8-16)14-30-12-11-22(33)34;/h1-10,13,30H,11-12,14H2,(H,33,34);1H. The molecule has 0 aliphatic carbocycles. The summed E-state index contributed by atoms with van der Waals surface area (Å²) in [6.45, 7) is 0.806. The summed E-state index contributed by atoms with van der Waals surface area (Å²) in [6, 6.07) is 15.7. The summed E-state index contributed by atoms with van der Waals surface area (Å²) in [5.41, 5.74) is 0.0894. The number of carboxylic acids is 1. The molecule has 0 saturated heterocycles. The summed E-state index contributed by atoms with van der Waals surface area (Å²) in [5.74, 6) is -1.56. The van der Waals surface area contributed by atoms with Crippen molar-refractivity contribution in [2.24, 2.45) is 0 Å². The zero-order valence-electron chi connectivity index (χ0n) is 18.6. The van der Waals surface area contributed by atoms with E-state index in [9.17, 15) is 22.4 Å². The predicted molar refractivity (Wildman–Crippen MR) is 127 cm³/mol. The second-order valence-corrected chi connectivity index (χ2v) is 7.68. The number of nitrogens with one attached hydrogen (secondary N) is 1. The van der Waals surface area contributed by atoms with E-state index in [1.807, 2.05) is 0 Å². The van der Waals surface area contributed by atoms with Crippen molar-refractivity contribution < 1.29 is 32.0 Å². The summed E-state index contributed by atoms with van der Waals surface area (Å²) in [6.07, 6.45) is -4.72. The van der Waals surface area contributed by atoms with Crippen molar-refractivity contribution in [2.75, 3.05) is 6.54 Å². The lowest BCUT2D eigenvalue weighted by Crippen LogP contribution is -2.17. The van der Waals surface area contributed by atoms with Crippen LogP contribution in [0.25, 0.3) is 34.0 Å². The van der Waals surface area contributed by atoms with Crippen LogP contribution >= 0.6 is 12.4 Å². The van der Waals surface area contributed by atoms with Crippen LogP contribution in [0, 0.1) is 5.82 Å². The van der Waals surface area contributed by atoms with E-state index in [0.717, 1.165) is 17.7 Å². The van der Waals surface area contributed by atoms with Gasteiger partial charge in [-0.2, -0.15) is 18.2 Å². The van der Waals surface area contributed by atoms with Gasteiger partial charge in [-0.15, -0.1) is 12.4 Å². The van der Waals surface area contributed by atoms with Crippen molar-refractivity contribution in [2.45, 2.75) is 19.1 Å². The normalized spacial score (nSPS) is 11.2. The quantitative estimate of drug-likeness (QED) is 0.211. The number of alkyl halides is 3. The second-order valence-electron chi connectivity index (χ2n) is 7.68. The third-order valence-corrected chi connectivity index (χ3v) is 5.22. The Kier molecular flexibility index (Phi) is 8.44. The van der Waals surface area contributed by atoms with Gasteiger partial charge in [0.15, 0.2) is 0 Å². The maximum Gasteiger partial charge on any atom is 0.417 e. The first-order valence-corrected chi connectivity index (χ1v) is 10.5. The fourth-order valence-electron chi connectivity index (χ4n) is 3.48. The molecular formula is C25H20ClF4N3O3. The Labute approximate surface area is 209 Å². The average Bonchev–Trinajstić information content (AvgIpc) is 3.32. The first kappa shape index (κ1) is 26.8. The molecule has 2 N–H and O–H groups in total. The van der Waals surface area contributed by atoms with E-state index in [1.165, 1.54) is 30.3 Å². The molecule has 0 aliphatic rings. The average molecular weight is 522 g/mol. The highest BCUT2D eigenvalue weighted by atomic mass is 35.5. The smallest absolute Gasteiger partial charge is 0.417 e. The lowest BCUT2D eigenvalue weighted by Gasteiger charge is -2.14. The van der Waals surface area contributed by atoms with Gasteiger partial charge in [0.05, 0.1) is 12.0 Å². The van der Waals surface area contributed by atoms with E-state index >= 15 is 0 Å². The Morgan fingerprint density at radius 2 is 1.67 bits per heavy atom. The summed E-state index contributed by atoms with van der Waals surface area (Å²) in [4.78, 5) is 14.8. The van der Waals surface area contributed by atoms with Gasteiger partial charge in [0.2, 0.25) is 5.82 Å². The molecule has 4 aromatic rings. The minimum atomic E-state index is -4.73. The van der Waals surface area contributed by atoms with Crippen molar-refractivity contribution >= 4 is 18.4 Å². The Hall–Kier alpha value is -3.76. The predicted octanol–water partition coefficient (Wildman–Crippen LogP) is 6.21. The van der Waals surface area contributed by atoms with Gasteiger partial charge >= 0.3 is 12.1 Å². The van der Waals surface area contributed by atoms with Crippen LogP contribution in [0.2, 0.25) is 0 Å². The fraction of sp³-hybridized carbons (Fsp3) is 0.160. The lowest BCUT2D eigenvalue weighted by atomic mass is 9.96. The Balaban J connectivity index is 0.00000361. The van der Waals surface area contributed by atoms with E-state index in [2.05, 4.69) is 15.5 Å². The summed E-state index contributed by atoms with van der Waals surface area (Å²) in [5, 5.41) is 15.5. The zero-order chi connectivity index (χ0) is 25.0. The number of carbonyl (C=O) groups is 1. The minimum absolute atomic E-state index is 0. The Bertz CT molecular complexity index is 1340. The SMILES string of the molecule is Cl.O=C(O)CCNCc1ccc(-c2noc(-c3ccc(-c4ccccc4F)c(C(F)(F)F)c3)n2)cc1. The van der Waals surface area contributed by atoms with E-state index < -0.39 is 23.5 Å². The monoisotopic (exact) mass is 521 g/mol. The summed E-state index contributed by atoms with van der Waals surface area (Å²) >= 11 is 0. The highest BCUT2D eigenvalue weighted by molar-refractivity contribution is 5.85. The van der Waals surface area contributed by atoms with E-state index in [1.54, 1.807) is 24.3 Å². The molecule has 0 spiro atoms. The molecule has 1 heterocycles. The number of rotatable bonds is 8. The molecular weight excluding hydrogens is 502 g/mol. The molecule has 0 amide bonds. The number of carboxylic acid groups (broad SMARTS) is 1. The maximum absolute atomic E-state index is 14.2. The van der Waals surface area contributed by atoms with Crippen LogP contribution in [0.15, 0.2) is 71.3 Å². The number of aliphatic carboxylic acids is 1. The number of hydrogen-bond acceptors (Lipinski definition) is 5. The van der Waals surface area contributed by atoms with Gasteiger partial charge in [-0.25, -0.2) is 4.39 Å². The van der Waals surface area contributed by atoms with Gasteiger partial charge < -0.3 is 14.9 Å². The van der Waals surface area contributed by atoms with Crippen LogP contribution in [0.1, 0.15) is 17.5 Å². The molecule has 6 nitrogen and oxygen atoms in total. The van der Waals surface area contributed by atoms with Gasteiger partial charge in [0, 0.05) is 29.8 Å². The highest BCUT2D eigenvalue weighted by Gasteiger charge is 2.35. The van der Waals surface area contributed by atoms with Crippen LogP contribution in [-0.2, 0) is 17.5 Å². The molecule has 3 aromatic carbocycles. The van der Waals surface area contributed by atoms with Crippen LogP contribution in [0.4, 0.5) is 17.6 Å². The number of nitrogens with zero attached hydrogens (tertiary/aromatic N) is 2. The minimum Gasteiger partial charge on any atom is -0.481 e. The van der Waals surface area contributed by atoms with Crippen LogP contribution in [0.3, 0.4) is 0 Å². The van der Waals surface area contributed by atoms with E-state index in [0.29, 0.717) is 18.7 Å². The Morgan fingerprint density at radius 3 is 2.33 bits per heavy atom. The molecule has 0 atom stereocenters. The molecule has 36 heavy (non-hydrogen) atoms. The van der Waals surface area contributed by atoms with Crippen molar-refractivity contribution in [3.05, 3.63) is 83.7 Å². The fourth-order valence-corrected chi connectivity index (χ4v) is 3.48. The van der Waals surface area contributed by atoms with Crippen molar-refractivity contribution in [1.82, 2.24) is 15.5 Å². The molecule has 0 fully saturated rings. The number of hydrogen-bond donors (Lipinski definition) is 2. The van der Waals surface area contributed by atoms with E-state index in [-0.39, 0.29) is 47.2 Å². The molecule has 188 valence electrons. The number of halogens is 5. The molecule has 0 bridgehead atoms. The third-order valence-electron chi connectivity index (χ3n) is 5.22. The third kappa shape index (κ3) is 6.27. The first-order chi connectivity index (χ1) is 16.7. The van der Waals surface area contributed by atoms with Gasteiger partial charge in [-0.05, 0) is 29.3 Å². The number of benzene rings is 3. The molecule has 0 unspecified atom stereocenters. The number of aromatic nitrogens is 2. The van der Waals surface area contributed by atoms with Crippen LogP contribution in [0.5, 0.6) is 0 Å². The first-order valence-electron chi connectivity index (χ1n) is 10.5. The topological polar surface area (TPSA) is 88.2 Å². The Morgan fingerprint density at radius 1 is 0.972 bits per heavy atom. The van der Waals surface area contributed by atoms with Gasteiger partial charge in [-0.1, -0.05) is 53.7 Å². The molecule has 0 radical (unpaired) electrons. The van der Waals surface area contributed by atoms with Crippen molar-refractivity contribution in [1.29, 1.82) is 0 Å². The van der Waals surface area contributed by atoms with Gasteiger partial charge in [0.1, 0.15) is 5.82 Å². The molecule has 1 aromatic heterocycles. The molecule has 0 saturated carbocycles. The van der Waals surface area contributed by atoms with Crippen LogP contribution in [-0.4, -0.2) is 27.8 Å². The van der Waals surface area contributed by atoms with E-state index in [4.69, 9.17) is 9.63 Å². The zero-order valence-corrected chi connectivity index (χ0v) is 19.4. The maximum atomic E-state index is 14.2. The van der Waals surface area contributed by atoms with Gasteiger partial charge in [-0.3, -0.25) is 4.79 Å². The lowest BCUT2D eigenvalue weighted by molar-refractivity contribution is -0.137. The summed E-state index contributed by atoms with van der Waals surface area (Å²) < 4.78 is 60.8. The molecule has 0 aliphatic heterocycles. The van der Waals surface area contributed by atoms with Crippen molar-refractivity contribution in [3.63, 3.8) is 0 Å². The summed E-state index contributed by atoms with van der Waals surface area (Å²) in [7, 11) is 0. The molecule has 4 rings (SSSR count). The second kappa shape index (κ2) is 11.3. The molecule has 11 heteroatoms. The van der Waals surface area contributed by atoms with Crippen molar-refractivity contribution in [3.8, 4) is 34.0 Å². The highest BCUT2D eigenvalue weighted by Crippen LogP contribution is 2.40. The van der Waals surface area contributed by atoms with Gasteiger partial charge in [0.25, 0.3) is 5.89 Å². The largest absolute Gasteiger partial charge is 0.481 e. The van der Waals surface area contributed by atoms with Crippen LogP contribution < -0.4 is 5.32 Å².